The predicted molar refractivity (Wildman–Crippen MR) is 181 cm³/mol. The van der Waals surface area contributed by atoms with Gasteiger partial charge in [0.2, 0.25) is 0 Å². The van der Waals surface area contributed by atoms with Gasteiger partial charge in [0, 0.05) is 18.5 Å². The lowest BCUT2D eigenvalue weighted by Gasteiger charge is -2.30. The average Bonchev–Trinajstić information content (AvgIpc) is 3.14. The molecule has 0 aromatic heterocycles. The number of carbonyl (C=O) groups is 2. The number of anilines is 2. The van der Waals surface area contributed by atoms with Crippen molar-refractivity contribution in [2.45, 2.75) is 86.4 Å². The van der Waals surface area contributed by atoms with E-state index < -0.39 is 28.9 Å². The predicted octanol–water partition coefficient (Wildman–Crippen LogP) is 10.1. The molecule has 1 fully saturated rings. The molecule has 0 radical (unpaired) electrons. The van der Waals surface area contributed by atoms with Gasteiger partial charge in [0.25, 0.3) is 0 Å². The van der Waals surface area contributed by atoms with Gasteiger partial charge in [0.15, 0.2) is 16.7 Å². The zero-order valence-electron chi connectivity index (χ0n) is 27.8. The molecule has 1 N–H and O–H groups in total. The van der Waals surface area contributed by atoms with Gasteiger partial charge in [-0.2, -0.15) is 13.2 Å². The Bertz CT molecular complexity index is 1710. The summed E-state index contributed by atoms with van der Waals surface area (Å²) in [5.74, 6) is -1.65. The molecule has 0 amide bonds. The normalized spacial score (nSPS) is 14.7. The zero-order valence-corrected chi connectivity index (χ0v) is 28.6. The van der Waals surface area contributed by atoms with Crippen LogP contribution in [0.4, 0.5) is 33.3 Å². The van der Waals surface area contributed by atoms with Crippen LogP contribution in [0, 0.1) is 29.4 Å². The van der Waals surface area contributed by atoms with Crippen LogP contribution in [0.1, 0.15) is 98.7 Å². The van der Waals surface area contributed by atoms with Gasteiger partial charge in [0.1, 0.15) is 17.5 Å². The molecule has 3 aromatic rings. The van der Waals surface area contributed by atoms with E-state index in [4.69, 9.17) is 17.6 Å². The molecular formula is C36H40F5N3O2S. The van der Waals surface area contributed by atoms with E-state index in [1.54, 1.807) is 33.8 Å². The number of rotatable bonds is 7. The fourth-order valence-electron chi connectivity index (χ4n) is 5.30. The number of Topliss-reactive ketones (excluding diaryl/α,β-unsaturated/α-hetero) is 2. The van der Waals surface area contributed by atoms with E-state index in [1.807, 2.05) is 6.07 Å². The minimum atomic E-state index is -4.55. The molecule has 0 saturated carbocycles. The van der Waals surface area contributed by atoms with Crippen LogP contribution in [-0.2, 0) is 12.6 Å². The highest BCUT2D eigenvalue weighted by Gasteiger charge is 2.48. The molecule has 1 aliphatic heterocycles. The summed E-state index contributed by atoms with van der Waals surface area (Å²) in [7, 11) is 0. The molecule has 252 valence electrons. The van der Waals surface area contributed by atoms with Crippen molar-refractivity contribution in [3.63, 3.8) is 0 Å². The first kappa shape index (κ1) is 37.5. The van der Waals surface area contributed by atoms with Crippen molar-refractivity contribution in [2.24, 2.45) is 5.41 Å². The molecule has 0 bridgehead atoms. The van der Waals surface area contributed by atoms with Crippen molar-refractivity contribution in [1.82, 2.24) is 0 Å². The van der Waals surface area contributed by atoms with Gasteiger partial charge in [-0.05, 0) is 98.4 Å². The van der Waals surface area contributed by atoms with Crippen LogP contribution >= 0.6 is 12.2 Å². The molecule has 1 aliphatic rings. The van der Waals surface area contributed by atoms with E-state index in [0.717, 1.165) is 24.1 Å². The molecule has 11 heteroatoms. The van der Waals surface area contributed by atoms with E-state index >= 15 is 0 Å². The Morgan fingerprint density at radius 1 is 0.830 bits per heavy atom. The minimum Gasteiger partial charge on any atom is -0.305 e. The van der Waals surface area contributed by atoms with E-state index in [1.165, 1.54) is 47.1 Å². The molecule has 0 unspecified atom stereocenters. The van der Waals surface area contributed by atoms with Crippen molar-refractivity contribution in [1.29, 1.82) is 5.41 Å². The summed E-state index contributed by atoms with van der Waals surface area (Å²) >= 11 is 5.51. The molecule has 4 rings (SSSR count). The summed E-state index contributed by atoms with van der Waals surface area (Å²) in [5.41, 5.74) is -0.191. The van der Waals surface area contributed by atoms with Crippen LogP contribution in [0.15, 0.2) is 54.6 Å². The molecule has 1 heterocycles. The summed E-state index contributed by atoms with van der Waals surface area (Å²) in [5, 5.41) is 8.64. The summed E-state index contributed by atoms with van der Waals surface area (Å²) < 4.78 is 68.4. The number of thiocarbonyl (C=S) groups is 1. The third kappa shape index (κ3) is 8.30. The fraction of sp³-hybridized carbons (Fsp3) is 0.389. The van der Waals surface area contributed by atoms with Gasteiger partial charge in [-0.1, -0.05) is 46.8 Å². The van der Waals surface area contributed by atoms with Crippen LogP contribution in [0.3, 0.4) is 0 Å². The van der Waals surface area contributed by atoms with E-state index in [0.29, 0.717) is 12.1 Å². The molecular weight excluding hydrogens is 633 g/mol. The van der Waals surface area contributed by atoms with Gasteiger partial charge in [-0.15, -0.1) is 0 Å². The van der Waals surface area contributed by atoms with Gasteiger partial charge < -0.3 is 4.90 Å². The fourth-order valence-corrected chi connectivity index (χ4v) is 5.83. The summed E-state index contributed by atoms with van der Waals surface area (Å²) in [6.07, 6.45) is -3.25. The topological polar surface area (TPSA) is 64.5 Å². The first-order chi connectivity index (χ1) is 21.6. The van der Waals surface area contributed by atoms with Gasteiger partial charge >= 0.3 is 6.18 Å². The molecule has 0 spiro atoms. The summed E-state index contributed by atoms with van der Waals surface area (Å²) in [4.78, 5) is 26.0. The molecule has 1 saturated heterocycles. The first-order valence-electron chi connectivity index (χ1n) is 15.2. The lowest BCUT2D eigenvalue weighted by molar-refractivity contribution is -0.138. The largest absolute Gasteiger partial charge is 0.416 e. The van der Waals surface area contributed by atoms with Crippen LogP contribution in [-0.4, -0.2) is 28.1 Å². The third-order valence-corrected chi connectivity index (χ3v) is 8.12. The second-order valence-corrected chi connectivity index (χ2v) is 13.5. The average molecular weight is 674 g/mol. The maximum atomic E-state index is 14.6. The minimum absolute atomic E-state index is 0.0425. The van der Waals surface area contributed by atoms with Crippen LogP contribution in [0.2, 0.25) is 0 Å². The lowest BCUT2D eigenvalue weighted by atomic mass is 9.87. The number of carbonyl (C=O) groups excluding carboxylic acids is 2. The van der Waals surface area contributed by atoms with Crippen molar-refractivity contribution < 1.29 is 31.5 Å². The summed E-state index contributed by atoms with van der Waals surface area (Å²) in [6.45, 7) is 14.4. The monoisotopic (exact) mass is 673 g/mol. The van der Waals surface area contributed by atoms with Crippen molar-refractivity contribution in [2.75, 3.05) is 9.80 Å². The molecule has 3 aromatic carbocycles. The number of benzene rings is 3. The highest BCUT2D eigenvalue weighted by atomic mass is 32.1. The van der Waals surface area contributed by atoms with E-state index in [9.17, 15) is 31.5 Å². The third-order valence-electron chi connectivity index (χ3n) is 7.75. The Morgan fingerprint density at radius 3 is 1.81 bits per heavy atom. The molecule has 0 atom stereocenters. The standard InChI is InChI=1S/C22H21F4N3OS.C14H19FO/c1-5-18(30)15-9-8-14(11-17(15)23)29-20(31)28(19(27)21(29,3)4)13-7-6-12(2)16(10-13)22(24,25)26;1-5-13(16)11-7-6-10(8-12(11)15)9-14(2,3)4/h6-11,27H,5H2,1-4H3;6-8H,5,9H2,1-4H3. The molecule has 47 heavy (non-hydrogen) atoms. The first-order valence-corrected chi connectivity index (χ1v) is 15.6. The lowest BCUT2D eigenvalue weighted by Crippen LogP contribution is -2.44. The zero-order chi connectivity index (χ0) is 35.6. The Hall–Kier alpha value is -3.99. The van der Waals surface area contributed by atoms with Crippen molar-refractivity contribution >= 4 is 46.1 Å². The Kier molecular flexibility index (Phi) is 11.2. The van der Waals surface area contributed by atoms with Crippen molar-refractivity contribution in [3.05, 3.63) is 94.0 Å². The quantitative estimate of drug-likeness (QED) is 0.154. The van der Waals surface area contributed by atoms with E-state index in [2.05, 4.69) is 20.8 Å². The number of ketones is 2. The number of halogens is 5. The number of alkyl halides is 3. The van der Waals surface area contributed by atoms with Crippen LogP contribution in [0.5, 0.6) is 0 Å². The second-order valence-electron chi connectivity index (χ2n) is 13.1. The number of amidine groups is 1. The van der Waals surface area contributed by atoms with E-state index in [-0.39, 0.29) is 56.7 Å². The number of hydrogen-bond donors (Lipinski definition) is 1. The van der Waals surface area contributed by atoms with Gasteiger partial charge in [0.05, 0.1) is 27.9 Å². The Balaban J connectivity index is 0.000000316. The number of nitrogens with zero attached hydrogens (tertiary/aromatic N) is 2. The number of hydrogen-bond acceptors (Lipinski definition) is 4. The highest BCUT2D eigenvalue weighted by Crippen LogP contribution is 2.40. The Labute approximate surface area is 278 Å². The highest BCUT2D eigenvalue weighted by molar-refractivity contribution is 7.81. The summed E-state index contributed by atoms with van der Waals surface area (Å²) in [6, 6.07) is 12.7. The Morgan fingerprint density at radius 2 is 1.34 bits per heavy atom. The van der Waals surface area contributed by atoms with Gasteiger partial charge in [-0.3, -0.25) is 19.9 Å². The van der Waals surface area contributed by atoms with Crippen molar-refractivity contribution in [3.8, 4) is 0 Å². The number of aryl methyl sites for hydroxylation is 1. The van der Waals surface area contributed by atoms with Crippen LogP contribution in [0.25, 0.3) is 0 Å². The second kappa shape index (κ2) is 14.0. The maximum Gasteiger partial charge on any atom is 0.416 e. The SMILES string of the molecule is CCC(=O)c1ccc(CC(C)(C)C)cc1F.CCC(=O)c1ccc(N2C(=S)N(c3ccc(C)c(C(F)(F)F)c3)C(=N)C2(C)C)cc1F. The number of nitrogens with one attached hydrogen (secondary N) is 1. The molecule has 0 aliphatic carbocycles. The van der Waals surface area contributed by atoms with Crippen LogP contribution < -0.4 is 9.80 Å². The maximum absolute atomic E-state index is 14.6. The smallest absolute Gasteiger partial charge is 0.305 e. The van der Waals surface area contributed by atoms with Gasteiger partial charge in [-0.25, -0.2) is 8.78 Å². The molecule has 5 nitrogen and oxygen atoms in total.